The molecule has 4 rings (SSSR count). The van der Waals surface area contributed by atoms with Crippen molar-refractivity contribution in [3.8, 4) is 23.0 Å². The number of nitrogens with zero attached hydrogens (tertiary/aromatic N) is 2. The summed E-state index contributed by atoms with van der Waals surface area (Å²) in [6, 6.07) is 20.8. The molecule has 4 aromatic carbocycles. The van der Waals surface area contributed by atoms with E-state index in [1.165, 1.54) is 60.7 Å². The summed E-state index contributed by atoms with van der Waals surface area (Å²) in [6.07, 6.45) is 19.6. The van der Waals surface area contributed by atoms with E-state index in [0.717, 1.165) is 75.3 Å². The van der Waals surface area contributed by atoms with Crippen molar-refractivity contribution < 1.29 is 66.9 Å². The molecule has 18 nitrogen and oxygen atoms in total. The van der Waals surface area contributed by atoms with Gasteiger partial charge in [0, 0.05) is 33.1 Å². The van der Waals surface area contributed by atoms with E-state index in [1.807, 2.05) is 24.3 Å². The van der Waals surface area contributed by atoms with Crippen molar-refractivity contribution in [3.63, 3.8) is 0 Å². The van der Waals surface area contributed by atoms with Gasteiger partial charge in [-0.15, -0.1) is 0 Å². The molecule has 18 heteroatoms. The standard InChI is InChI=1S/C63H82N2O16/c1-5-7-23-41-76-53-37-33-49(47-55(53)74-3)35-39-57(66)78-43-25-13-9-11-15-27-45-80-61(68)63(59(64(70)71)51-29-19-17-20-30-51,60(65(72)73)52-31-21-18-22-32-52)62(69)81-46-28-16-12-10-14-26-44-79-58(67)40-36-50-34-38-54(56(48-50)75-4)77-42-24-8-6-2/h17-22,29-40,47-48,59-60H,5-16,23-28,41-46H2,1-4H3. The number of nitro groups is 2. The van der Waals surface area contributed by atoms with Crippen molar-refractivity contribution in [2.45, 2.75) is 142 Å². The van der Waals surface area contributed by atoms with E-state index in [9.17, 15) is 39.4 Å². The van der Waals surface area contributed by atoms with E-state index in [2.05, 4.69) is 13.8 Å². The second-order valence-corrected chi connectivity index (χ2v) is 19.5. The van der Waals surface area contributed by atoms with Crippen LogP contribution in [0.3, 0.4) is 0 Å². The lowest BCUT2D eigenvalue weighted by atomic mass is 9.69. The largest absolute Gasteiger partial charge is 0.493 e. The highest BCUT2D eigenvalue weighted by Crippen LogP contribution is 2.50. The van der Waals surface area contributed by atoms with Gasteiger partial charge >= 0.3 is 29.3 Å². The summed E-state index contributed by atoms with van der Waals surface area (Å²) in [7, 11) is 3.13. The van der Waals surface area contributed by atoms with E-state index in [0.29, 0.717) is 87.6 Å². The van der Waals surface area contributed by atoms with Crippen molar-refractivity contribution in [1.82, 2.24) is 0 Å². The first-order chi connectivity index (χ1) is 39.4. The number of rotatable bonds is 42. The Labute approximate surface area is 476 Å². The molecule has 0 saturated carbocycles. The number of carbonyl (C=O) groups excluding carboxylic acids is 4. The molecule has 0 amide bonds. The van der Waals surface area contributed by atoms with E-state index in [-0.39, 0.29) is 37.6 Å². The molecule has 0 aromatic heterocycles. The molecule has 2 unspecified atom stereocenters. The van der Waals surface area contributed by atoms with Crippen molar-refractivity contribution in [2.24, 2.45) is 5.41 Å². The Hall–Kier alpha value is -7.76. The molecule has 2 atom stereocenters. The van der Waals surface area contributed by atoms with Crippen LogP contribution in [0.25, 0.3) is 12.2 Å². The van der Waals surface area contributed by atoms with Crippen molar-refractivity contribution in [2.75, 3.05) is 53.9 Å². The van der Waals surface area contributed by atoms with Gasteiger partial charge in [-0.05, 0) is 86.1 Å². The quantitative estimate of drug-likeness (QED) is 0.00764. The van der Waals surface area contributed by atoms with Crippen LogP contribution in [0.1, 0.15) is 164 Å². The second-order valence-electron chi connectivity index (χ2n) is 19.5. The van der Waals surface area contributed by atoms with Crippen LogP contribution >= 0.6 is 0 Å². The van der Waals surface area contributed by atoms with E-state index in [1.54, 1.807) is 50.6 Å². The fourth-order valence-electron chi connectivity index (χ4n) is 9.10. The maximum absolute atomic E-state index is 14.7. The van der Waals surface area contributed by atoms with Gasteiger partial charge in [0.15, 0.2) is 23.0 Å². The van der Waals surface area contributed by atoms with Gasteiger partial charge in [-0.3, -0.25) is 29.8 Å². The summed E-state index contributed by atoms with van der Waals surface area (Å²) in [5, 5.41) is 26.5. The molecular formula is C63H82N2O16. The number of methoxy groups -OCH3 is 2. The third-order valence-corrected chi connectivity index (χ3v) is 13.4. The summed E-state index contributed by atoms with van der Waals surface area (Å²) in [6.45, 7) is 5.33. The number of carbonyl (C=O) groups is 4. The van der Waals surface area contributed by atoms with Gasteiger partial charge in [0.2, 0.25) is 0 Å². The van der Waals surface area contributed by atoms with Crippen LogP contribution in [0.15, 0.2) is 109 Å². The maximum Gasteiger partial charge on any atom is 0.338 e. The van der Waals surface area contributed by atoms with Gasteiger partial charge in [-0.2, -0.15) is 0 Å². The van der Waals surface area contributed by atoms with E-state index >= 15 is 0 Å². The molecule has 0 saturated heterocycles. The molecule has 0 N–H and O–H groups in total. The molecule has 0 spiro atoms. The van der Waals surface area contributed by atoms with Crippen LogP contribution in [0.4, 0.5) is 0 Å². The average molecular weight is 1120 g/mol. The molecule has 4 aromatic rings. The molecule has 0 aliphatic heterocycles. The predicted octanol–water partition coefficient (Wildman–Crippen LogP) is 13.4. The predicted molar refractivity (Wildman–Crippen MR) is 308 cm³/mol. The third-order valence-electron chi connectivity index (χ3n) is 13.4. The van der Waals surface area contributed by atoms with E-state index in [4.69, 9.17) is 37.9 Å². The molecular weight excluding hydrogens is 1040 g/mol. The van der Waals surface area contributed by atoms with Crippen LogP contribution < -0.4 is 18.9 Å². The summed E-state index contributed by atoms with van der Waals surface area (Å²) < 4.78 is 44.8. The number of hydrogen-bond donors (Lipinski definition) is 0. The van der Waals surface area contributed by atoms with Crippen molar-refractivity contribution in [3.05, 3.63) is 152 Å². The first-order valence-corrected chi connectivity index (χ1v) is 28.4. The van der Waals surface area contributed by atoms with Gasteiger partial charge in [0.1, 0.15) is 0 Å². The monoisotopic (exact) mass is 1120 g/mol. The smallest absolute Gasteiger partial charge is 0.338 e. The van der Waals surface area contributed by atoms with Crippen molar-refractivity contribution in [1.29, 1.82) is 0 Å². The van der Waals surface area contributed by atoms with Gasteiger partial charge in [-0.1, -0.05) is 164 Å². The molecule has 0 heterocycles. The van der Waals surface area contributed by atoms with Crippen LogP contribution in [0.5, 0.6) is 23.0 Å². The Balaban J connectivity index is 1.28. The zero-order valence-electron chi connectivity index (χ0n) is 47.6. The lowest BCUT2D eigenvalue weighted by Crippen LogP contribution is -2.55. The lowest BCUT2D eigenvalue weighted by molar-refractivity contribution is -0.591. The lowest BCUT2D eigenvalue weighted by Gasteiger charge is -2.33. The van der Waals surface area contributed by atoms with Gasteiger partial charge < -0.3 is 37.9 Å². The minimum atomic E-state index is -3.09. The fourth-order valence-corrected chi connectivity index (χ4v) is 9.10. The summed E-state index contributed by atoms with van der Waals surface area (Å²) in [5.74, 6) is -1.41. The molecule has 81 heavy (non-hydrogen) atoms. The van der Waals surface area contributed by atoms with E-state index < -0.39 is 51.2 Å². The van der Waals surface area contributed by atoms with Gasteiger partial charge in [0.05, 0.1) is 53.9 Å². The molecule has 0 aliphatic carbocycles. The SMILES string of the molecule is CCCCCOc1ccc(C=CC(=O)OCCCCCCCCOC(=O)C(C(=O)OCCCCCCCCOC(=O)C=Cc2ccc(OCCCCC)c(OC)c2)(C(c2ccccc2)[N+](=O)[O-])C(c2ccccc2)[N+](=O)[O-])cc1OC. The Kier molecular flexibility index (Phi) is 30.8. The Bertz CT molecular complexity index is 2410. The highest BCUT2D eigenvalue weighted by Gasteiger charge is 2.72. The Morgan fingerprint density at radius 3 is 1.11 bits per heavy atom. The minimum Gasteiger partial charge on any atom is -0.493 e. The maximum atomic E-state index is 14.7. The number of hydrogen-bond acceptors (Lipinski definition) is 16. The topological polar surface area (TPSA) is 228 Å². The van der Waals surface area contributed by atoms with Crippen LogP contribution in [-0.4, -0.2) is 87.6 Å². The average Bonchev–Trinajstić information content (AvgIpc) is 3.58. The number of unbranched alkanes of at least 4 members (excludes halogenated alkanes) is 14. The van der Waals surface area contributed by atoms with Gasteiger partial charge in [-0.25, -0.2) is 9.59 Å². The fraction of sp³-hybridized carbons (Fsp3) is 0.492. The molecule has 0 aliphatic rings. The highest BCUT2D eigenvalue weighted by atomic mass is 16.6. The van der Waals surface area contributed by atoms with Crippen molar-refractivity contribution >= 4 is 36.0 Å². The molecule has 0 fully saturated rings. The van der Waals surface area contributed by atoms with Gasteiger partial charge in [0.25, 0.3) is 12.1 Å². The number of esters is 4. The summed E-state index contributed by atoms with van der Waals surface area (Å²) in [4.78, 5) is 79.0. The molecule has 0 radical (unpaired) electrons. The summed E-state index contributed by atoms with van der Waals surface area (Å²) >= 11 is 0. The number of benzene rings is 4. The Morgan fingerprint density at radius 1 is 0.444 bits per heavy atom. The second kappa shape index (κ2) is 38.0. The molecule has 440 valence electrons. The van der Waals surface area contributed by atoms with Crippen LogP contribution in [-0.2, 0) is 38.1 Å². The third kappa shape index (κ3) is 22.4. The van der Waals surface area contributed by atoms with Crippen LogP contribution in [0.2, 0.25) is 0 Å². The molecule has 0 bridgehead atoms. The summed E-state index contributed by atoms with van der Waals surface area (Å²) in [5.41, 5.74) is -1.82. The first-order valence-electron chi connectivity index (χ1n) is 28.4. The normalized spacial score (nSPS) is 12.7. The van der Waals surface area contributed by atoms with Crippen LogP contribution in [0, 0.1) is 25.6 Å². The number of ether oxygens (including phenoxy) is 8. The zero-order chi connectivity index (χ0) is 58.5. The zero-order valence-corrected chi connectivity index (χ0v) is 47.6. The first kappa shape index (κ1) is 65.8. The highest BCUT2D eigenvalue weighted by molar-refractivity contribution is 6.02. The Morgan fingerprint density at radius 2 is 0.778 bits per heavy atom. The minimum absolute atomic E-state index is 0.119.